The second kappa shape index (κ2) is 9.67. The van der Waals surface area contributed by atoms with E-state index in [1.165, 1.54) is 0 Å². The predicted molar refractivity (Wildman–Crippen MR) is 127 cm³/mol. The fourth-order valence-corrected chi connectivity index (χ4v) is 5.82. The molecule has 166 valence electrons. The summed E-state index contributed by atoms with van der Waals surface area (Å²) in [5.74, 6) is -0.261. The Morgan fingerprint density at radius 1 is 0.906 bits per heavy atom. The van der Waals surface area contributed by atoms with Crippen LogP contribution in [0.15, 0.2) is 89.8 Å². The van der Waals surface area contributed by atoms with Crippen LogP contribution in [-0.4, -0.2) is 31.7 Å². The number of anilines is 1. The molecule has 0 unspecified atom stereocenters. The zero-order chi connectivity index (χ0) is 22.6. The van der Waals surface area contributed by atoms with Crippen molar-refractivity contribution in [2.24, 2.45) is 5.92 Å². The van der Waals surface area contributed by atoms with Gasteiger partial charge >= 0.3 is 0 Å². The van der Waals surface area contributed by atoms with E-state index in [-0.39, 0.29) is 10.8 Å². The normalized spacial score (nSPS) is 17.2. The van der Waals surface area contributed by atoms with Gasteiger partial charge in [0.1, 0.15) is 0 Å². The van der Waals surface area contributed by atoms with E-state index in [2.05, 4.69) is 12.2 Å². The Bertz CT molecular complexity index is 1110. The summed E-state index contributed by atoms with van der Waals surface area (Å²) in [4.78, 5) is 13.5. The van der Waals surface area contributed by atoms with Crippen LogP contribution in [-0.2, 0) is 14.8 Å². The topological polar surface area (TPSA) is 66.5 Å². The number of carbonyl (C=O) groups excluding carboxylic acids is 1. The van der Waals surface area contributed by atoms with Crippen LogP contribution in [0.1, 0.15) is 36.8 Å². The lowest BCUT2D eigenvalue weighted by Gasteiger charge is -2.30. The molecular formula is C26H28N2O3S. The molecule has 4 rings (SSSR count). The average molecular weight is 449 g/mol. The van der Waals surface area contributed by atoms with Crippen LogP contribution < -0.4 is 5.32 Å². The lowest BCUT2D eigenvalue weighted by atomic mass is 9.90. The van der Waals surface area contributed by atoms with Gasteiger partial charge in [0.25, 0.3) is 0 Å². The summed E-state index contributed by atoms with van der Waals surface area (Å²) in [6, 6.07) is 25.7. The first-order chi connectivity index (χ1) is 15.4. The maximum atomic E-state index is 13.2. The van der Waals surface area contributed by atoms with Gasteiger partial charge in [-0.05, 0) is 54.2 Å². The zero-order valence-electron chi connectivity index (χ0n) is 18.1. The SMILES string of the molecule is C[C@H]1CCCN(S(=O)(=O)c2ccc(NC(=O)C(c3ccccc3)c3ccccc3)cc2)C1. The van der Waals surface area contributed by atoms with Crippen LogP contribution in [0, 0.1) is 5.92 Å². The molecule has 1 heterocycles. The number of rotatable bonds is 6. The number of piperidine rings is 1. The molecule has 0 radical (unpaired) electrons. The fraction of sp³-hybridized carbons (Fsp3) is 0.269. The van der Waals surface area contributed by atoms with Gasteiger partial charge in [0.2, 0.25) is 15.9 Å². The van der Waals surface area contributed by atoms with Gasteiger partial charge in [0.15, 0.2) is 0 Å². The number of sulfonamides is 1. The van der Waals surface area contributed by atoms with E-state index < -0.39 is 15.9 Å². The first-order valence-electron chi connectivity index (χ1n) is 11.0. The maximum absolute atomic E-state index is 13.2. The van der Waals surface area contributed by atoms with Crippen LogP contribution in [0.25, 0.3) is 0 Å². The van der Waals surface area contributed by atoms with Crippen molar-refractivity contribution in [3.05, 3.63) is 96.1 Å². The van der Waals surface area contributed by atoms with Crippen molar-refractivity contribution in [1.82, 2.24) is 4.31 Å². The lowest BCUT2D eigenvalue weighted by Crippen LogP contribution is -2.39. The Balaban J connectivity index is 1.54. The second-order valence-corrected chi connectivity index (χ2v) is 10.3. The summed E-state index contributed by atoms with van der Waals surface area (Å²) in [5, 5.41) is 2.96. The highest BCUT2D eigenvalue weighted by Crippen LogP contribution is 2.28. The van der Waals surface area contributed by atoms with Crippen LogP contribution in [0.4, 0.5) is 5.69 Å². The van der Waals surface area contributed by atoms with Crippen molar-refractivity contribution < 1.29 is 13.2 Å². The van der Waals surface area contributed by atoms with E-state index in [1.807, 2.05) is 60.7 Å². The van der Waals surface area contributed by atoms with Crippen molar-refractivity contribution in [3.8, 4) is 0 Å². The van der Waals surface area contributed by atoms with Crippen molar-refractivity contribution in [2.75, 3.05) is 18.4 Å². The molecule has 32 heavy (non-hydrogen) atoms. The van der Waals surface area contributed by atoms with Gasteiger partial charge < -0.3 is 5.32 Å². The number of amides is 1. The Kier molecular flexibility index (Phi) is 6.72. The summed E-state index contributed by atoms with van der Waals surface area (Å²) in [6.45, 7) is 3.19. The average Bonchev–Trinajstić information content (AvgIpc) is 2.81. The third-order valence-corrected chi connectivity index (χ3v) is 7.79. The summed E-state index contributed by atoms with van der Waals surface area (Å²) in [5.41, 5.74) is 2.36. The second-order valence-electron chi connectivity index (χ2n) is 8.38. The number of nitrogens with one attached hydrogen (secondary N) is 1. The summed E-state index contributed by atoms with van der Waals surface area (Å²) in [6.07, 6.45) is 1.94. The minimum atomic E-state index is -3.52. The Morgan fingerprint density at radius 3 is 2.00 bits per heavy atom. The van der Waals surface area contributed by atoms with Gasteiger partial charge in [-0.3, -0.25) is 4.79 Å². The van der Waals surface area contributed by atoms with Gasteiger partial charge in [-0.2, -0.15) is 4.31 Å². The van der Waals surface area contributed by atoms with E-state index in [1.54, 1.807) is 28.6 Å². The summed E-state index contributed by atoms with van der Waals surface area (Å²) in [7, 11) is -3.52. The van der Waals surface area contributed by atoms with E-state index in [4.69, 9.17) is 0 Å². The molecule has 1 fully saturated rings. The number of benzene rings is 3. The van der Waals surface area contributed by atoms with Gasteiger partial charge in [-0.1, -0.05) is 67.6 Å². The van der Waals surface area contributed by atoms with Crippen LogP contribution in [0.2, 0.25) is 0 Å². The molecule has 1 saturated heterocycles. The monoisotopic (exact) mass is 448 g/mol. The van der Waals surface area contributed by atoms with Crippen molar-refractivity contribution in [3.63, 3.8) is 0 Å². The molecule has 0 spiro atoms. The van der Waals surface area contributed by atoms with Gasteiger partial charge in [-0.25, -0.2) is 8.42 Å². The number of nitrogens with zero attached hydrogens (tertiary/aromatic N) is 1. The van der Waals surface area contributed by atoms with E-state index in [0.29, 0.717) is 24.7 Å². The predicted octanol–water partition coefficient (Wildman–Crippen LogP) is 4.88. The molecule has 0 aliphatic carbocycles. The van der Waals surface area contributed by atoms with Crippen LogP contribution >= 0.6 is 0 Å². The minimum Gasteiger partial charge on any atom is -0.325 e. The molecule has 5 nitrogen and oxygen atoms in total. The maximum Gasteiger partial charge on any atom is 0.243 e. The zero-order valence-corrected chi connectivity index (χ0v) is 19.0. The first-order valence-corrected chi connectivity index (χ1v) is 12.4. The van der Waals surface area contributed by atoms with Crippen molar-refractivity contribution in [1.29, 1.82) is 0 Å². The van der Waals surface area contributed by atoms with Gasteiger partial charge in [0.05, 0.1) is 10.8 Å². The summed E-state index contributed by atoms with van der Waals surface area (Å²) >= 11 is 0. The van der Waals surface area contributed by atoms with Gasteiger partial charge in [0, 0.05) is 18.8 Å². The Labute approximate surface area is 190 Å². The highest BCUT2D eigenvalue weighted by atomic mass is 32.2. The van der Waals surface area contributed by atoms with Crippen LogP contribution in [0.3, 0.4) is 0 Å². The first kappa shape index (κ1) is 22.2. The van der Waals surface area contributed by atoms with Crippen molar-refractivity contribution in [2.45, 2.75) is 30.6 Å². The standard InChI is InChI=1S/C26H28N2O3S/c1-20-9-8-18-28(19-20)32(30,31)24-16-14-23(15-17-24)27-26(29)25(21-10-4-2-5-11-21)22-12-6-3-7-13-22/h2-7,10-17,20,25H,8-9,18-19H2,1H3,(H,27,29)/t20-/m0/s1. The smallest absolute Gasteiger partial charge is 0.243 e. The molecule has 3 aromatic carbocycles. The molecule has 1 aliphatic rings. The largest absolute Gasteiger partial charge is 0.325 e. The van der Waals surface area contributed by atoms with Crippen molar-refractivity contribution >= 4 is 21.6 Å². The Morgan fingerprint density at radius 2 is 1.47 bits per heavy atom. The van der Waals surface area contributed by atoms with E-state index in [9.17, 15) is 13.2 Å². The molecule has 3 aromatic rings. The van der Waals surface area contributed by atoms with E-state index in [0.717, 1.165) is 24.0 Å². The Hall–Kier alpha value is -2.96. The number of hydrogen-bond acceptors (Lipinski definition) is 3. The molecule has 1 atom stereocenters. The number of hydrogen-bond donors (Lipinski definition) is 1. The minimum absolute atomic E-state index is 0.164. The molecular weight excluding hydrogens is 420 g/mol. The summed E-state index contributed by atoms with van der Waals surface area (Å²) < 4.78 is 27.5. The molecule has 1 amide bonds. The third-order valence-electron chi connectivity index (χ3n) is 5.91. The van der Waals surface area contributed by atoms with Gasteiger partial charge in [-0.15, -0.1) is 0 Å². The molecule has 0 bridgehead atoms. The quantitative estimate of drug-likeness (QED) is 0.585. The van der Waals surface area contributed by atoms with E-state index >= 15 is 0 Å². The highest BCUT2D eigenvalue weighted by molar-refractivity contribution is 7.89. The highest BCUT2D eigenvalue weighted by Gasteiger charge is 2.29. The third kappa shape index (κ3) is 4.92. The fourth-order valence-electron chi connectivity index (χ4n) is 4.22. The molecule has 0 aromatic heterocycles. The van der Waals surface area contributed by atoms with Crippen LogP contribution in [0.5, 0.6) is 0 Å². The number of carbonyl (C=O) groups is 1. The molecule has 0 saturated carbocycles. The molecule has 1 aliphatic heterocycles. The molecule has 6 heteroatoms. The molecule has 1 N–H and O–H groups in total. The lowest BCUT2D eigenvalue weighted by molar-refractivity contribution is -0.116.